The fourth-order valence-corrected chi connectivity index (χ4v) is 7.40. The number of nitrogens with one attached hydrogen (secondary N) is 2. The third-order valence-corrected chi connectivity index (χ3v) is 9.04. The van der Waals surface area contributed by atoms with Gasteiger partial charge in [0, 0.05) is 6.04 Å². The molecule has 1 aromatic carbocycles. The van der Waals surface area contributed by atoms with E-state index in [0.717, 1.165) is 37.5 Å². The van der Waals surface area contributed by atoms with Crippen LogP contribution >= 0.6 is 23.2 Å². The van der Waals surface area contributed by atoms with Gasteiger partial charge in [0.15, 0.2) is 0 Å². The number of hydrogen-bond acceptors (Lipinski definition) is 3. The monoisotopic (exact) mass is 460 g/mol. The van der Waals surface area contributed by atoms with Gasteiger partial charge in [0.2, 0.25) is 15.9 Å². The Hall–Kier alpha value is -0.820. The van der Waals surface area contributed by atoms with Gasteiger partial charge in [-0.1, -0.05) is 42.6 Å². The molecule has 0 heterocycles. The molecule has 0 aliphatic heterocycles. The molecular weight excluding hydrogens is 431 g/mol. The highest BCUT2D eigenvalue weighted by Gasteiger charge is 2.41. The molecule has 0 aromatic heterocycles. The summed E-state index contributed by atoms with van der Waals surface area (Å²) in [5.74, 6) is 1.64. The fraction of sp³-hybridized carbons (Fsp3) is 0.667. The molecule has 1 aromatic rings. The predicted molar refractivity (Wildman–Crippen MR) is 117 cm³/mol. The number of sulfonamides is 1. The molecule has 2 bridgehead atoms. The summed E-state index contributed by atoms with van der Waals surface area (Å²) in [4.78, 5) is 12.8. The van der Waals surface area contributed by atoms with E-state index in [2.05, 4.69) is 17.0 Å². The largest absolute Gasteiger partial charge is 0.351 e. The first-order valence-corrected chi connectivity index (χ1v) is 12.6. The van der Waals surface area contributed by atoms with E-state index in [1.54, 1.807) is 19.9 Å². The van der Waals surface area contributed by atoms with Crippen molar-refractivity contribution < 1.29 is 13.2 Å². The van der Waals surface area contributed by atoms with Crippen LogP contribution in [0.15, 0.2) is 23.1 Å². The Labute approximate surface area is 184 Å². The molecular formula is C21H30Cl2N2O3S. The first-order chi connectivity index (χ1) is 13.5. The van der Waals surface area contributed by atoms with Crippen molar-refractivity contribution >= 4 is 39.1 Å². The van der Waals surface area contributed by atoms with Crippen molar-refractivity contribution in [3.05, 3.63) is 28.2 Å². The van der Waals surface area contributed by atoms with Crippen LogP contribution in [0.3, 0.4) is 0 Å². The lowest BCUT2D eigenvalue weighted by molar-refractivity contribution is -0.127. The van der Waals surface area contributed by atoms with Crippen LogP contribution in [0.25, 0.3) is 0 Å². The first-order valence-electron chi connectivity index (χ1n) is 10.3. The summed E-state index contributed by atoms with van der Waals surface area (Å²) in [6.45, 7) is 5.36. The van der Waals surface area contributed by atoms with Gasteiger partial charge in [-0.05, 0) is 75.8 Å². The molecule has 0 spiro atoms. The minimum Gasteiger partial charge on any atom is -0.351 e. The van der Waals surface area contributed by atoms with E-state index >= 15 is 0 Å². The smallest absolute Gasteiger partial charge is 0.244 e. The number of halogens is 2. The third-order valence-electron chi connectivity index (χ3n) is 6.43. The average molecular weight is 461 g/mol. The fourth-order valence-electron chi connectivity index (χ4n) is 4.88. The molecule has 29 heavy (non-hydrogen) atoms. The lowest BCUT2D eigenvalue weighted by Crippen LogP contribution is -2.58. The molecule has 5 nitrogen and oxygen atoms in total. The molecule has 2 N–H and O–H groups in total. The highest BCUT2D eigenvalue weighted by molar-refractivity contribution is 7.89. The predicted octanol–water partition coefficient (Wildman–Crippen LogP) is 4.77. The zero-order chi connectivity index (χ0) is 21.4. The number of hydrogen-bond donors (Lipinski definition) is 2. The number of fused-ring (bicyclic) bond motifs is 2. The molecule has 2 fully saturated rings. The number of amides is 1. The first kappa shape index (κ1) is 22.9. The second kappa shape index (κ2) is 8.74. The molecule has 162 valence electrons. The number of carbonyl (C=O) groups excluding carboxylic acids is 1. The zero-order valence-corrected chi connectivity index (χ0v) is 19.5. The normalized spacial score (nSPS) is 27.5. The van der Waals surface area contributed by atoms with E-state index in [-0.39, 0.29) is 26.9 Å². The Morgan fingerprint density at radius 1 is 1.14 bits per heavy atom. The van der Waals surface area contributed by atoms with Crippen molar-refractivity contribution in [1.29, 1.82) is 0 Å². The molecule has 4 atom stereocenters. The summed E-state index contributed by atoms with van der Waals surface area (Å²) in [5.41, 5.74) is -1.34. The van der Waals surface area contributed by atoms with Crippen molar-refractivity contribution in [3.63, 3.8) is 0 Å². The SMILES string of the molecule is CCC1CC2CCC(NC(=O)C(C)(C)NS(=O)(=O)c3c(Cl)cccc3Cl)C(C1)C2. The quantitative estimate of drug-likeness (QED) is 0.641. The molecule has 0 saturated heterocycles. The molecule has 4 unspecified atom stereocenters. The van der Waals surface area contributed by atoms with E-state index in [4.69, 9.17) is 23.2 Å². The van der Waals surface area contributed by atoms with E-state index in [1.165, 1.54) is 25.0 Å². The highest BCUT2D eigenvalue weighted by Crippen LogP contribution is 2.43. The molecule has 0 radical (unpaired) electrons. The maximum absolute atomic E-state index is 13.0. The van der Waals surface area contributed by atoms with E-state index in [1.807, 2.05) is 0 Å². The molecule has 2 saturated carbocycles. The summed E-state index contributed by atoms with van der Waals surface area (Å²) in [5, 5.41) is 3.17. The van der Waals surface area contributed by atoms with E-state index < -0.39 is 15.6 Å². The van der Waals surface area contributed by atoms with Crippen LogP contribution in [0.1, 0.15) is 59.3 Å². The Morgan fingerprint density at radius 2 is 1.79 bits per heavy atom. The molecule has 1 amide bonds. The topological polar surface area (TPSA) is 75.3 Å². The van der Waals surface area contributed by atoms with Crippen LogP contribution in [0, 0.1) is 17.8 Å². The maximum atomic E-state index is 13.0. The van der Waals surface area contributed by atoms with Gasteiger partial charge in [-0.25, -0.2) is 8.42 Å². The van der Waals surface area contributed by atoms with Crippen LogP contribution in [0.4, 0.5) is 0 Å². The van der Waals surface area contributed by atoms with Crippen LogP contribution < -0.4 is 10.0 Å². The number of benzene rings is 1. The lowest BCUT2D eigenvalue weighted by atomic mass is 9.65. The van der Waals surface area contributed by atoms with Gasteiger partial charge >= 0.3 is 0 Å². The lowest BCUT2D eigenvalue weighted by Gasteiger charge is -2.44. The van der Waals surface area contributed by atoms with Crippen LogP contribution in [-0.2, 0) is 14.8 Å². The summed E-state index contributed by atoms with van der Waals surface area (Å²) in [6.07, 6.45) is 6.85. The van der Waals surface area contributed by atoms with Crippen LogP contribution in [0.5, 0.6) is 0 Å². The average Bonchev–Trinajstić information content (AvgIpc) is 2.62. The molecule has 3 rings (SSSR count). The van der Waals surface area contributed by atoms with Crippen LogP contribution in [0.2, 0.25) is 10.0 Å². The summed E-state index contributed by atoms with van der Waals surface area (Å²) >= 11 is 12.1. The standard InChI is InChI=1S/C21H30Cl2N2O3S/c1-4-13-10-14-8-9-18(15(11-13)12-14)24-20(26)21(2,3)25-29(27,28)19-16(22)6-5-7-17(19)23/h5-7,13-15,18,25H,4,8-12H2,1-3H3,(H,24,26). The van der Waals surface area contributed by atoms with Gasteiger partial charge in [0.1, 0.15) is 10.4 Å². The number of rotatable bonds is 6. The van der Waals surface area contributed by atoms with Gasteiger partial charge in [0.05, 0.1) is 10.0 Å². The van der Waals surface area contributed by atoms with Crippen LogP contribution in [-0.4, -0.2) is 25.9 Å². The van der Waals surface area contributed by atoms with Gasteiger partial charge in [-0.3, -0.25) is 4.79 Å². The van der Waals surface area contributed by atoms with Crippen molar-refractivity contribution in [2.24, 2.45) is 17.8 Å². The molecule has 2 aliphatic rings. The van der Waals surface area contributed by atoms with Crippen molar-refractivity contribution in [3.8, 4) is 0 Å². The maximum Gasteiger partial charge on any atom is 0.244 e. The summed E-state index contributed by atoms with van der Waals surface area (Å²) < 4.78 is 28.2. The minimum absolute atomic E-state index is 0.0207. The van der Waals surface area contributed by atoms with Gasteiger partial charge in [-0.2, -0.15) is 4.72 Å². The zero-order valence-electron chi connectivity index (χ0n) is 17.2. The Balaban J connectivity index is 1.71. The highest BCUT2D eigenvalue weighted by atomic mass is 35.5. The Morgan fingerprint density at radius 3 is 2.41 bits per heavy atom. The molecule has 2 aliphatic carbocycles. The Kier molecular flexibility index (Phi) is 6.88. The third kappa shape index (κ3) is 5.09. The van der Waals surface area contributed by atoms with E-state index in [9.17, 15) is 13.2 Å². The summed E-state index contributed by atoms with van der Waals surface area (Å²) in [7, 11) is -4.07. The summed E-state index contributed by atoms with van der Waals surface area (Å²) in [6, 6.07) is 4.59. The van der Waals surface area contributed by atoms with E-state index in [0.29, 0.717) is 5.92 Å². The second-order valence-electron chi connectivity index (χ2n) is 9.05. The van der Waals surface area contributed by atoms with Gasteiger partial charge in [0.25, 0.3) is 0 Å². The second-order valence-corrected chi connectivity index (χ2v) is 11.5. The number of carbonyl (C=O) groups is 1. The van der Waals surface area contributed by atoms with Crippen molar-refractivity contribution in [2.45, 2.75) is 75.8 Å². The van der Waals surface area contributed by atoms with Gasteiger partial charge in [-0.15, -0.1) is 0 Å². The Bertz CT molecular complexity index is 852. The molecule has 8 heteroatoms. The minimum atomic E-state index is -4.07. The van der Waals surface area contributed by atoms with Crippen molar-refractivity contribution in [2.75, 3.05) is 0 Å². The van der Waals surface area contributed by atoms with Gasteiger partial charge < -0.3 is 5.32 Å². The van der Waals surface area contributed by atoms with Crippen molar-refractivity contribution in [1.82, 2.24) is 10.0 Å².